The lowest BCUT2D eigenvalue weighted by molar-refractivity contribution is 0.0533. The number of ether oxygens (including phenoxy) is 1. The number of hydrogen-bond acceptors (Lipinski definition) is 6. The Bertz CT molecular complexity index is 468. The van der Waals surface area contributed by atoms with Crippen molar-refractivity contribution < 1.29 is 14.3 Å². The standard InChI is InChI=1S/C11H17N3O3S/c1-5-17-11(16)8-7(12)6(9(15)13-2)10(18-8)14(3)4/h5,12H2,1-4H3,(H,13,15). The van der Waals surface area contributed by atoms with Gasteiger partial charge < -0.3 is 20.7 Å². The first-order chi connectivity index (χ1) is 8.43. The van der Waals surface area contributed by atoms with Gasteiger partial charge in [-0.3, -0.25) is 4.79 Å². The summed E-state index contributed by atoms with van der Waals surface area (Å²) in [6.07, 6.45) is 0. The van der Waals surface area contributed by atoms with Gasteiger partial charge >= 0.3 is 5.97 Å². The first-order valence-corrected chi connectivity index (χ1v) is 6.24. The maximum absolute atomic E-state index is 11.8. The fourth-order valence-electron chi connectivity index (χ4n) is 1.44. The quantitative estimate of drug-likeness (QED) is 0.796. The summed E-state index contributed by atoms with van der Waals surface area (Å²) < 4.78 is 4.91. The lowest BCUT2D eigenvalue weighted by atomic mass is 10.2. The van der Waals surface area contributed by atoms with E-state index in [9.17, 15) is 9.59 Å². The second-order valence-electron chi connectivity index (χ2n) is 3.72. The molecule has 7 heteroatoms. The second-order valence-corrected chi connectivity index (χ2v) is 4.72. The molecule has 1 aromatic heterocycles. The highest BCUT2D eigenvalue weighted by molar-refractivity contribution is 7.19. The zero-order chi connectivity index (χ0) is 13.9. The number of nitrogen functional groups attached to an aromatic ring is 1. The number of amides is 1. The van der Waals surface area contributed by atoms with Gasteiger partial charge in [0.15, 0.2) is 0 Å². The zero-order valence-corrected chi connectivity index (χ0v) is 11.7. The van der Waals surface area contributed by atoms with E-state index in [0.717, 1.165) is 11.3 Å². The van der Waals surface area contributed by atoms with Gasteiger partial charge in [0.05, 0.1) is 17.9 Å². The summed E-state index contributed by atoms with van der Waals surface area (Å²) in [6.45, 7) is 1.98. The number of nitrogens with one attached hydrogen (secondary N) is 1. The molecule has 0 aliphatic carbocycles. The van der Waals surface area contributed by atoms with Crippen LogP contribution < -0.4 is 16.0 Å². The van der Waals surface area contributed by atoms with E-state index >= 15 is 0 Å². The molecule has 0 aliphatic rings. The van der Waals surface area contributed by atoms with E-state index in [-0.39, 0.29) is 23.1 Å². The average Bonchev–Trinajstić information content (AvgIpc) is 2.66. The van der Waals surface area contributed by atoms with Gasteiger partial charge in [0.25, 0.3) is 5.91 Å². The third kappa shape index (κ3) is 2.56. The number of hydrogen-bond donors (Lipinski definition) is 2. The molecule has 0 aromatic carbocycles. The van der Waals surface area contributed by atoms with Crippen molar-refractivity contribution in [2.75, 3.05) is 38.4 Å². The van der Waals surface area contributed by atoms with Gasteiger partial charge in [-0.05, 0) is 6.92 Å². The van der Waals surface area contributed by atoms with Crippen molar-refractivity contribution in [1.29, 1.82) is 0 Å². The van der Waals surface area contributed by atoms with Crippen LogP contribution in [0.15, 0.2) is 0 Å². The van der Waals surface area contributed by atoms with Crippen LogP contribution in [0.5, 0.6) is 0 Å². The number of nitrogens with zero attached hydrogens (tertiary/aromatic N) is 1. The van der Waals surface area contributed by atoms with E-state index in [4.69, 9.17) is 10.5 Å². The summed E-state index contributed by atoms with van der Waals surface area (Å²) in [5, 5.41) is 3.14. The fourth-order valence-corrected chi connectivity index (χ4v) is 2.47. The summed E-state index contributed by atoms with van der Waals surface area (Å²) in [6, 6.07) is 0. The lowest BCUT2D eigenvalue weighted by Crippen LogP contribution is -2.22. The van der Waals surface area contributed by atoms with Crippen molar-refractivity contribution in [3.63, 3.8) is 0 Å². The summed E-state index contributed by atoms with van der Waals surface area (Å²) >= 11 is 1.15. The molecule has 0 radical (unpaired) electrons. The number of nitrogens with two attached hydrogens (primary N) is 1. The minimum Gasteiger partial charge on any atom is -0.462 e. The van der Waals surface area contributed by atoms with E-state index in [0.29, 0.717) is 10.6 Å². The first kappa shape index (κ1) is 14.3. The van der Waals surface area contributed by atoms with Crippen LogP contribution in [-0.2, 0) is 4.74 Å². The molecule has 6 nitrogen and oxygen atoms in total. The number of thiophene rings is 1. The Hall–Kier alpha value is -1.76. The highest BCUT2D eigenvalue weighted by atomic mass is 32.1. The van der Waals surface area contributed by atoms with Crippen molar-refractivity contribution in [2.24, 2.45) is 0 Å². The van der Waals surface area contributed by atoms with Gasteiger partial charge in [-0.15, -0.1) is 11.3 Å². The van der Waals surface area contributed by atoms with E-state index in [1.807, 2.05) is 0 Å². The summed E-state index contributed by atoms with van der Waals surface area (Å²) in [5.74, 6) is -0.818. The molecule has 0 spiro atoms. The molecule has 1 rings (SSSR count). The van der Waals surface area contributed by atoms with Gasteiger partial charge in [0, 0.05) is 21.1 Å². The molecule has 0 bridgehead atoms. The van der Waals surface area contributed by atoms with Crippen LogP contribution in [-0.4, -0.2) is 39.6 Å². The molecule has 1 amide bonds. The Morgan fingerprint density at radius 1 is 1.44 bits per heavy atom. The van der Waals surface area contributed by atoms with Crippen LogP contribution >= 0.6 is 11.3 Å². The molecule has 0 unspecified atom stereocenters. The van der Waals surface area contributed by atoms with Crippen molar-refractivity contribution in [2.45, 2.75) is 6.92 Å². The molecule has 1 aromatic rings. The topological polar surface area (TPSA) is 84.7 Å². The van der Waals surface area contributed by atoms with Crippen LogP contribution in [0.3, 0.4) is 0 Å². The van der Waals surface area contributed by atoms with E-state index in [2.05, 4.69) is 5.32 Å². The molecule has 0 fully saturated rings. The van der Waals surface area contributed by atoms with Gasteiger partial charge in [-0.1, -0.05) is 0 Å². The molecule has 18 heavy (non-hydrogen) atoms. The molecule has 1 heterocycles. The van der Waals surface area contributed by atoms with Crippen LogP contribution in [0.2, 0.25) is 0 Å². The van der Waals surface area contributed by atoms with E-state index in [1.54, 1.807) is 25.9 Å². The number of carbonyl (C=O) groups excluding carboxylic acids is 2. The summed E-state index contributed by atoms with van der Waals surface area (Å²) in [7, 11) is 5.09. The number of anilines is 2. The first-order valence-electron chi connectivity index (χ1n) is 5.42. The van der Waals surface area contributed by atoms with Crippen molar-refractivity contribution in [3.05, 3.63) is 10.4 Å². The molecule has 0 aliphatic heterocycles. The molecule has 3 N–H and O–H groups in total. The highest BCUT2D eigenvalue weighted by Gasteiger charge is 2.26. The van der Waals surface area contributed by atoms with Crippen molar-refractivity contribution >= 4 is 33.9 Å². The van der Waals surface area contributed by atoms with Crippen LogP contribution in [0.4, 0.5) is 10.7 Å². The Labute approximate surface area is 110 Å². The third-order valence-electron chi connectivity index (χ3n) is 2.25. The number of esters is 1. The minimum atomic E-state index is -0.502. The van der Waals surface area contributed by atoms with Gasteiger partial charge in [0.2, 0.25) is 0 Å². The van der Waals surface area contributed by atoms with Crippen molar-refractivity contribution in [1.82, 2.24) is 5.32 Å². The largest absolute Gasteiger partial charge is 0.462 e. The van der Waals surface area contributed by atoms with Crippen LogP contribution in [0, 0.1) is 0 Å². The Kier molecular flexibility index (Phi) is 4.55. The summed E-state index contributed by atoms with van der Waals surface area (Å²) in [4.78, 5) is 25.5. The Balaban J connectivity index is 3.32. The van der Waals surface area contributed by atoms with E-state index < -0.39 is 5.97 Å². The Morgan fingerprint density at radius 3 is 2.50 bits per heavy atom. The SMILES string of the molecule is CCOC(=O)c1sc(N(C)C)c(C(=O)NC)c1N. The summed E-state index contributed by atoms with van der Waals surface area (Å²) in [5.41, 5.74) is 6.36. The van der Waals surface area contributed by atoms with Gasteiger partial charge in [-0.2, -0.15) is 0 Å². The maximum Gasteiger partial charge on any atom is 0.350 e. The smallest absolute Gasteiger partial charge is 0.350 e. The predicted molar refractivity (Wildman–Crippen MR) is 72.4 cm³/mol. The number of rotatable bonds is 4. The average molecular weight is 271 g/mol. The fraction of sp³-hybridized carbons (Fsp3) is 0.455. The number of carbonyl (C=O) groups is 2. The molecule has 0 atom stereocenters. The van der Waals surface area contributed by atoms with Crippen molar-refractivity contribution in [3.8, 4) is 0 Å². The Morgan fingerprint density at radius 2 is 2.06 bits per heavy atom. The van der Waals surface area contributed by atoms with E-state index in [1.165, 1.54) is 7.05 Å². The molecular formula is C11H17N3O3S. The van der Waals surface area contributed by atoms with Crippen LogP contribution in [0.25, 0.3) is 0 Å². The van der Waals surface area contributed by atoms with Gasteiger partial charge in [-0.25, -0.2) is 4.79 Å². The zero-order valence-electron chi connectivity index (χ0n) is 10.9. The molecular weight excluding hydrogens is 254 g/mol. The third-order valence-corrected chi connectivity index (χ3v) is 3.60. The molecule has 0 saturated carbocycles. The lowest BCUT2D eigenvalue weighted by Gasteiger charge is -2.11. The minimum absolute atomic E-state index is 0.168. The van der Waals surface area contributed by atoms with Crippen LogP contribution in [0.1, 0.15) is 27.0 Å². The molecule has 100 valence electrons. The van der Waals surface area contributed by atoms with Gasteiger partial charge in [0.1, 0.15) is 9.88 Å². The molecule has 0 saturated heterocycles. The normalized spacial score (nSPS) is 10.0. The predicted octanol–water partition coefficient (Wildman–Crippen LogP) is 0.933. The highest BCUT2D eigenvalue weighted by Crippen LogP contribution is 2.37. The second kappa shape index (κ2) is 5.72. The maximum atomic E-state index is 11.8. The monoisotopic (exact) mass is 271 g/mol.